The first-order valence-electron chi connectivity index (χ1n) is 15.6. The third-order valence-corrected chi connectivity index (χ3v) is 14.5. The summed E-state index contributed by atoms with van der Waals surface area (Å²) in [6.45, 7) is 12.1. The molecule has 238 valence electrons. The van der Waals surface area contributed by atoms with Gasteiger partial charge in [0.2, 0.25) is 0 Å². The SMILES string of the molecule is [C-]#[N+]C(C#N)=C1/C(=C/c2cc3sc4c(c3s2)C(C)(C)c2c-4sc3cc(/C=C4/C(=O)c5ccccc5C4=C(C#N)C#N)sc23)C(=O)c2ccccc21. The zero-order valence-corrected chi connectivity index (χ0v) is 29.9. The van der Waals surface area contributed by atoms with E-state index in [1.54, 1.807) is 87.8 Å². The van der Waals surface area contributed by atoms with Crippen LogP contribution >= 0.6 is 45.3 Å². The van der Waals surface area contributed by atoms with Crippen LogP contribution in [0.1, 0.15) is 66.6 Å². The Bertz CT molecular complexity index is 2740. The van der Waals surface area contributed by atoms with E-state index in [1.165, 1.54) is 20.9 Å². The molecule has 0 atom stereocenters. The molecule has 0 amide bonds. The second-order valence-electron chi connectivity index (χ2n) is 12.7. The van der Waals surface area contributed by atoms with Crippen LogP contribution in [0.25, 0.3) is 56.7 Å². The van der Waals surface area contributed by atoms with Crippen molar-refractivity contribution in [3.05, 3.63) is 138 Å². The third-order valence-electron chi connectivity index (χ3n) is 9.63. The van der Waals surface area contributed by atoms with Gasteiger partial charge in [0.25, 0.3) is 5.70 Å². The summed E-state index contributed by atoms with van der Waals surface area (Å²) < 4.78 is 4.56. The summed E-state index contributed by atoms with van der Waals surface area (Å²) in [5.74, 6) is -0.377. The largest absolute Gasteiger partial charge is 0.289 e. The van der Waals surface area contributed by atoms with E-state index in [0.29, 0.717) is 44.5 Å². The first-order chi connectivity index (χ1) is 24.7. The van der Waals surface area contributed by atoms with Crippen LogP contribution in [0.15, 0.2) is 83.1 Å². The fourth-order valence-corrected chi connectivity index (χ4v) is 13.5. The van der Waals surface area contributed by atoms with Gasteiger partial charge in [0, 0.05) is 58.0 Å². The summed E-state index contributed by atoms with van der Waals surface area (Å²) in [5, 5.41) is 29.2. The summed E-state index contributed by atoms with van der Waals surface area (Å²) in [6.07, 6.45) is 3.65. The standard InChI is InChI=1S/C41H18N4O2S4/c1-41(2)33-37-29(14-20(48-37)12-26-31(19(16-42)17-43)22-8-4-6-10-24(22)35(26)46)50-39(33)40-34(41)38-30(51-40)15-21(49-38)13-27-32(28(18-44)45-3)23-9-5-7-11-25(23)36(27)47/h4-15H,1-2H3/b26-12+,27-13-,32-28?. The van der Waals surface area contributed by atoms with Gasteiger partial charge in [0.15, 0.2) is 11.6 Å². The summed E-state index contributed by atoms with van der Waals surface area (Å²) in [4.78, 5) is 34.8. The molecule has 0 saturated heterocycles. The van der Waals surface area contributed by atoms with Crippen molar-refractivity contribution >= 4 is 99.0 Å². The molecule has 6 aromatic rings. The van der Waals surface area contributed by atoms with E-state index in [4.69, 9.17) is 6.57 Å². The highest BCUT2D eigenvalue weighted by molar-refractivity contribution is 7.35. The number of carbonyl (C=O) groups excluding carboxylic acids is 2. The van der Waals surface area contributed by atoms with E-state index in [-0.39, 0.29) is 28.3 Å². The number of rotatable bonds is 2. The van der Waals surface area contributed by atoms with E-state index >= 15 is 0 Å². The molecule has 0 saturated carbocycles. The predicted octanol–water partition coefficient (Wildman–Crippen LogP) is 11.1. The Morgan fingerprint density at radius 2 is 1.14 bits per heavy atom. The minimum absolute atomic E-state index is 0.0784. The topological polar surface area (TPSA) is 110 Å². The van der Waals surface area contributed by atoms with Gasteiger partial charge in [-0.3, -0.25) is 9.59 Å². The molecule has 51 heavy (non-hydrogen) atoms. The first kappa shape index (κ1) is 31.0. The average Bonchev–Trinajstić information content (AvgIpc) is 3.97. The van der Waals surface area contributed by atoms with Crippen molar-refractivity contribution in [2.45, 2.75) is 19.3 Å². The molecule has 0 spiro atoms. The van der Waals surface area contributed by atoms with E-state index in [1.807, 2.05) is 36.4 Å². The summed E-state index contributed by atoms with van der Waals surface area (Å²) >= 11 is 6.71. The quantitative estimate of drug-likeness (QED) is 0.100. The van der Waals surface area contributed by atoms with Gasteiger partial charge in [-0.2, -0.15) is 10.5 Å². The number of carbonyl (C=O) groups is 2. The highest BCUT2D eigenvalue weighted by Crippen LogP contribution is 2.62. The van der Waals surface area contributed by atoms with Crippen molar-refractivity contribution in [1.29, 1.82) is 15.8 Å². The molecule has 0 unspecified atom stereocenters. The zero-order valence-electron chi connectivity index (χ0n) is 26.7. The van der Waals surface area contributed by atoms with Crippen LogP contribution in [-0.2, 0) is 5.41 Å². The lowest BCUT2D eigenvalue weighted by Crippen LogP contribution is -2.14. The zero-order chi connectivity index (χ0) is 35.3. The second-order valence-corrected chi connectivity index (χ2v) is 17.0. The molecule has 4 aromatic heterocycles. The third kappa shape index (κ3) is 4.20. The Balaban J connectivity index is 1.13. The number of allylic oxidation sites excluding steroid dienone is 6. The molecular formula is C41H18N4O2S4. The number of benzene rings is 2. The number of Topliss-reactive ketones (excluding diaryl/α,β-unsaturated/α-hetero) is 2. The van der Waals surface area contributed by atoms with Crippen LogP contribution in [0.2, 0.25) is 0 Å². The molecule has 2 aromatic carbocycles. The van der Waals surface area contributed by atoms with Crippen LogP contribution in [-0.4, -0.2) is 11.6 Å². The number of ketones is 2. The highest BCUT2D eigenvalue weighted by Gasteiger charge is 2.43. The van der Waals surface area contributed by atoms with Crippen molar-refractivity contribution in [3.8, 4) is 28.0 Å². The van der Waals surface area contributed by atoms with Gasteiger partial charge in [-0.15, -0.1) is 45.3 Å². The molecular weight excluding hydrogens is 709 g/mol. The van der Waals surface area contributed by atoms with E-state index < -0.39 is 0 Å². The first-order valence-corrected chi connectivity index (χ1v) is 18.9. The van der Waals surface area contributed by atoms with Crippen molar-refractivity contribution in [2.75, 3.05) is 0 Å². The van der Waals surface area contributed by atoms with Gasteiger partial charge in [0.1, 0.15) is 17.7 Å². The van der Waals surface area contributed by atoms with Crippen LogP contribution in [0.3, 0.4) is 0 Å². The summed E-state index contributed by atoms with van der Waals surface area (Å²) in [6, 6.07) is 24.4. The Morgan fingerprint density at radius 1 is 0.686 bits per heavy atom. The van der Waals surface area contributed by atoms with E-state index in [2.05, 4.69) is 30.8 Å². The Labute approximate surface area is 307 Å². The minimum Gasteiger partial charge on any atom is -0.289 e. The van der Waals surface area contributed by atoms with Crippen molar-refractivity contribution < 1.29 is 9.59 Å². The number of nitrogens with zero attached hydrogens (tertiary/aromatic N) is 4. The number of hydrogen-bond acceptors (Lipinski definition) is 9. The van der Waals surface area contributed by atoms with Gasteiger partial charge in [0.05, 0.1) is 31.8 Å². The number of thiophene rings is 4. The van der Waals surface area contributed by atoms with Crippen molar-refractivity contribution in [3.63, 3.8) is 0 Å². The highest BCUT2D eigenvalue weighted by atomic mass is 32.1. The lowest BCUT2D eigenvalue weighted by Gasteiger charge is -2.20. The maximum absolute atomic E-state index is 13.5. The summed E-state index contributed by atoms with van der Waals surface area (Å²) in [7, 11) is 0. The molecule has 3 aliphatic rings. The van der Waals surface area contributed by atoms with Gasteiger partial charge in [-0.25, -0.2) is 10.1 Å². The Kier molecular flexibility index (Phi) is 6.70. The molecule has 0 aliphatic heterocycles. The summed E-state index contributed by atoms with van der Waals surface area (Å²) in [5.41, 5.74) is 5.74. The maximum Gasteiger partial charge on any atom is 0.270 e. The predicted molar refractivity (Wildman–Crippen MR) is 205 cm³/mol. The lowest BCUT2D eigenvalue weighted by atomic mass is 9.84. The molecule has 10 heteroatoms. The van der Waals surface area contributed by atoms with Crippen LogP contribution in [0, 0.1) is 40.6 Å². The fourth-order valence-electron chi connectivity index (χ4n) is 7.50. The van der Waals surface area contributed by atoms with Gasteiger partial charge in [-0.1, -0.05) is 62.4 Å². The molecule has 4 heterocycles. The van der Waals surface area contributed by atoms with Crippen molar-refractivity contribution in [2.24, 2.45) is 0 Å². The van der Waals surface area contributed by atoms with Gasteiger partial charge < -0.3 is 0 Å². The number of nitriles is 3. The van der Waals surface area contributed by atoms with Crippen LogP contribution in [0.4, 0.5) is 0 Å². The minimum atomic E-state index is -0.326. The van der Waals surface area contributed by atoms with E-state index in [0.717, 1.165) is 28.6 Å². The molecule has 0 radical (unpaired) electrons. The van der Waals surface area contributed by atoms with Gasteiger partial charge >= 0.3 is 0 Å². The molecule has 6 nitrogen and oxygen atoms in total. The molecule has 9 rings (SSSR count). The van der Waals surface area contributed by atoms with Gasteiger partial charge in [-0.05, 0) is 46.5 Å². The number of hydrogen-bond donors (Lipinski definition) is 0. The van der Waals surface area contributed by atoms with E-state index in [9.17, 15) is 25.4 Å². The van der Waals surface area contributed by atoms with Crippen LogP contribution in [0.5, 0.6) is 0 Å². The Morgan fingerprint density at radius 3 is 1.59 bits per heavy atom. The smallest absolute Gasteiger partial charge is 0.270 e. The maximum atomic E-state index is 13.5. The normalized spacial score (nSPS) is 17.6. The Hall–Kier alpha value is -5.98. The fraction of sp³-hybridized carbons (Fsp3) is 0.0732. The molecule has 3 aliphatic carbocycles. The van der Waals surface area contributed by atoms with Crippen LogP contribution < -0.4 is 0 Å². The number of fused-ring (bicyclic) bond motifs is 9. The lowest BCUT2D eigenvalue weighted by molar-refractivity contribution is 0.103. The molecule has 0 N–H and O–H groups in total. The molecule has 0 bridgehead atoms. The average molecular weight is 727 g/mol. The molecule has 0 fully saturated rings. The van der Waals surface area contributed by atoms with Crippen molar-refractivity contribution in [1.82, 2.24) is 0 Å². The monoisotopic (exact) mass is 726 g/mol. The second kappa shape index (κ2) is 11.0.